The van der Waals surface area contributed by atoms with Crippen LogP contribution in [-0.4, -0.2) is 48.7 Å². The average molecular weight is 285 g/mol. The van der Waals surface area contributed by atoms with E-state index in [0.717, 1.165) is 12.8 Å². The van der Waals surface area contributed by atoms with Gasteiger partial charge in [-0.2, -0.15) is 0 Å². The van der Waals surface area contributed by atoms with E-state index < -0.39 is 6.04 Å². The third-order valence-electron chi connectivity index (χ3n) is 3.43. The molecule has 1 aliphatic heterocycles. The summed E-state index contributed by atoms with van der Waals surface area (Å²) in [6.07, 6.45) is 1.92. The summed E-state index contributed by atoms with van der Waals surface area (Å²) in [4.78, 5) is 25.2. The van der Waals surface area contributed by atoms with Gasteiger partial charge < -0.3 is 20.7 Å². The molecule has 0 bridgehead atoms. The number of ether oxygens (including phenoxy) is 1. The van der Waals surface area contributed by atoms with Crippen molar-refractivity contribution in [3.63, 3.8) is 0 Å². The SMILES string of the molecule is CCOC(=O)N1CCC(NC(=O)C(N)CC(C)C)CC1. The minimum absolute atomic E-state index is 0.0896. The van der Waals surface area contributed by atoms with Crippen molar-refractivity contribution in [2.75, 3.05) is 19.7 Å². The Balaban J connectivity index is 2.31. The molecule has 0 aromatic rings. The molecule has 0 radical (unpaired) electrons. The van der Waals surface area contributed by atoms with Crippen molar-refractivity contribution >= 4 is 12.0 Å². The van der Waals surface area contributed by atoms with Gasteiger partial charge in [-0.1, -0.05) is 13.8 Å². The van der Waals surface area contributed by atoms with Crippen LogP contribution in [0.25, 0.3) is 0 Å². The molecule has 1 rings (SSSR count). The van der Waals surface area contributed by atoms with Crippen molar-refractivity contribution in [1.29, 1.82) is 0 Å². The lowest BCUT2D eigenvalue weighted by Crippen LogP contribution is -2.50. The van der Waals surface area contributed by atoms with Gasteiger partial charge in [0.15, 0.2) is 0 Å². The zero-order valence-corrected chi connectivity index (χ0v) is 12.7. The topological polar surface area (TPSA) is 84.7 Å². The fraction of sp³-hybridized carbons (Fsp3) is 0.857. The van der Waals surface area contributed by atoms with Gasteiger partial charge in [0.25, 0.3) is 0 Å². The normalized spacial score (nSPS) is 17.9. The van der Waals surface area contributed by atoms with Crippen LogP contribution in [0.4, 0.5) is 4.79 Å². The highest BCUT2D eigenvalue weighted by Gasteiger charge is 2.26. The van der Waals surface area contributed by atoms with E-state index in [1.807, 2.05) is 13.8 Å². The fourth-order valence-corrected chi connectivity index (χ4v) is 2.34. The molecule has 116 valence electrons. The van der Waals surface area contributed by atoms with Crippen molar-refractivity contribution < 1.29 is 14.3 Å². The summed E-state index contributed by atoms with van der Waals surface area (Å²) >= 11 is 0. The van der Waals surface area contributed by atoms with Crippen LogP contribution in [0.5, 0.6) is 0 Å². The number of amides is 2. The number of hydrogen-bond donors (Lipinski definition) is 2. The van der Waals surface area contributed by atoms with Gasteiger partial charge in [-0.25, -0.2) is 4.79 Å². The molecule has 0 saturated carbocycles. The van der Waals surface area contributed by atoms with Crippen molar-refractivity contribution in [3.05, 3.63) is 0 Å². The zero-order chi connectivity index (χ0) is 15.1. The smallest absolute Gasteiger partial charge is 0.409 e. The van der Waals surface area contributed by atoms with Crippen LogP contribution in [-0.2, 0) is 9.53 Å². The molecule has 6 heteroatoms. The first-order valence-electron chi connectivity index (χ1n) is 7.41. The zero-order valence-electron chi connectivity index (χ0n) is 12.7. The maximum atomic E-state index is 11.9. The number of hydrogen-bond acceptors (Lipinski definition) is 4. The number of piperidine rings is 1. The van der Waals surface area contributed by atoms with Crippen molar-refractivity contribution in [2.45, 2.75) is 52.1 Å². The van der Waals surface area contributed by atoms with Gasteiger partial charge in [-0.3, -0.25) is 4.79 Å². The van der Waals surface area contributed by atoms with Gasteiger partial charge in [0.1, 0.15) is 0 Å². The molecule has 6 nitrogen and oxygen atoms in total. The van der Waals surface area contributed by atoms with Crippen LogP contribution < -0.4 is 11.1 Å². The molecule has 1 saturated heterocycles. The third kappa shape index (κ3) is 5.36. The molecule has 20 heavy (non-hydrogen) atoms. The van der Waals surface area contributed by atoms with E-state index in [2.05, 4.69) is 5.32 Å². The second kappa shape index (κ2) is 8.09. The predicted molar refractivity (Wildman–Crippen MR) is 77.2 cm³/mol. The Morgan fingerprint density at radius 3 is 2.45 bits per heavy atom. The summed E-state index contributed by atoms with van der Waals surface area (Å²) in [5, 5.41) is 2.97. The molecular weight excluding hydrogens is 258 g/mol. The lowest BCUT2D eigenvalue weighted by Gasteiger charge is -2.32. The third-order valence-corrected chi connectivity index (χ3v) is 3.43. The number of carbonyl (C=O) groups is 2. The maximum Gasteiger partial charge on any atom is 0.409 e. The molecular formula is C14H27N3O3. The average Bonchev–Trinajstić information content (AvgIpc) is 2.39. The van der Waals surface area contributed by atoms with Crippen LogP contribution in [0.15, 0.2) is 0 Å². The molecule has 0 spiro atoms. The van der Waals surface area contributed by atoms with Crippen molar-refractivity contribution in [1.82, 2.24) is 10.2 Å². The van der Waals surface area contributed by atoms with E-state index in [4.69, 9.17) is 10.5 Å². The van der Waals surface area contributed by atoms with E-state index in [0.29, 0.717) is 32.0 Å². The fourth-order valence-electron chi connectivity index (χ4n) is 2.34. The van der Waals surface area contributed by atoms with E-state index >= 15 is 0 Å². The van der Waals surface area contributed by atoms with E-state index in [9.17, 15) is 9.59 Å². The first-order chi connectivity index (χ1) is 9.43. The van der Waals surface area contributed by atoms with Gasteiger partial charge in [0.2, 0.25) is 5.91 Å². The van der Waals surface area contributed by atoms with Crippen LogP contribution in [0.1, 0.15) is 40.0 Å². The van der Waals surface area contributed by atoms with Gasteiger partial charge in [-0.05, 0) is 32.1 Å². The Bertz CT molecular complexity index is 326. The van der Waals surface area contributed by atoms with E-state index in [1.165, 1.54) is 0 Å². The van der Waals surface area contributed by atoms with Crippen molar-refractivity contribution in [2.24, 2.45) is 11.7 Å². The molecule has 0 aliphatic carbocycles. The Morgan fingerprint density at radius 1 is 1.35 bits per heavy atom. The molecule has 1 heterocycles. The summed E-state index contributed by atoms with van der Waals surface area (Å²) in [5.41, 5.74) is 5.85. The predicted octanol–water partition coefficient (Wildman–Crippen LogP) is 1.10. The number of nitrogens with one attached hydrogen (secondary N) is 1. The monoisotopic (exact) mass is 285 g/mol. The largest absolute Gasteiger partial charge is 0.450 e. The molecule has 1 atom stereocenters. The first-order valence-corrected chi connectivity index (χ1v) is 7.41. The van der Waals surface area contributed by atoms with Gasteiger partial charge in [-0.15, -0.1) is 0 Å². The number of nitrogens with two attached hydrogens (primary N) is 1. The second-order valence-electron chi connectivity index (χ2n) is 5.70. The highest BCUT2D eigenvalue weighted by molar-refractivity contribution is 5.81. The summed E-state index contributed by atoms with van der Waals surface area (Å²) in [5.74, 6) is 0.315. The Labute approximate surface area is 121 Å². The summed E-state index contributed by atoms with van der Waals surface area (Å²) < 4.78 is 4.96. The van der Waals surface area contributed by atoms with Crippen molar-refractivity contribution in [3.8, 4) is 0 Å². The second-order valence-corrected chi connectivity index (χ2v) is 5.70. The quantitative estimate of drug-likeness (QED) is 0.792. The van der Waals surface area contributed by atoms with Gasteiger partial charge in [0.05, 0.1) is 12.6 Å². The van der Waals surface area contributed by atoms with Crippen LogP contribution in [0.2, 0.25) is 0 Å². The minimum Gasteiger partial charge on any atom is -0.450 e. The lowest BCUT2D eigenvalue weighted by atomic mass is 10.0. The highest BCUT2D eigenvalue weighted by Crippen LogP contribution is 2.12. The molecule has 1 unspecified atom stereocenters. The van der Waals surface area contributed by atoms with Crippen LogP contribution >= 0.6 is 0 Å². The Hall–Kier alpha value is -1.30. The number of likely N-dealkylation sites (tertiary alicyclic amines) is 1. The maximum absolute atomic E-state index is 11.9. The highest BCUT2D eigenvalue weighted by atomic mass is 16.6. The van der Waals surface area contributed by atoms with Crippen LogP contribution in [0, 0.1) is 5.92 Å². The molecule has 1 aliphatic rings. The Morgan fingerprint density at radius 2 is 1.95 bits per heavy atom. The molecule has 2 amide bonds. The number of nitrogens with zero attached hydrogens (tertiary/aromatic N) is 1. The van der Waals surface area contributed by atoms with Crippen LogP contribution in [0.3, 0.4) is 0 Å². The number of rotatable bonds is 5. The van der Waals surface area contributed by atoms with E-state index in [1.54, 1.807) is 11.8 Å². The van der Waals surface area contributed by atoms with E-state index in [-0.39, 0.29) is 18.0 Å². The lowest BCUT2D eigenvalue weighted by molar-refractivity contribution is -0.123. The standard InChI is InChI=1S/C14H27N3O3/c1-4-20-14(19)17-7-5-11(6-8-17)16-13(18)12(15)9-10(2)3/h10-12H,4-9,15H2,1-3H3,(H,16,18). The minimum atomic E-state index is -0.446. The first kappa shape index (κ1) is 16.8. The molecule has 0 aromatic heterocycles. The summed E-state index contributed by atoms with van der Waals surface area (Å²) in [6, 6.07) is -0.343. The van der Waals surface area contributed by atoms with Gasteiger partial charge in [0, 0.05) is 19.1 Å². The Kier molecular flexibility index (Phi) is 6.78. The molecule has 1 fully saturated rings. The summed E-state index contributed by atoms with van der Waals surface area (Å²) in [7, 11) is 0. The molecule has 0 aromatic carbocycles. The van der Waals surface area contributed by atoms with Gasteiger partial charge >= 0.3 is 6.09 Å². The number of carbonyl (C=O) groups excluding carboxylic acids is 2. The summed E-state index contributed by atoms with van der Waals surface area (Å²) in [6.45, 7) is 7.50. The molecule has 3 N–H and O–H groups in total.